The zero-order valence-corrected chi connectivity index (χ0v) is 11.6. The molecule has 1 aromatic heterocycles. The van der Waals surface area contributed by atoms with Crippen LogP contribution in [0.2, 0.25) is 0 Å². The highest BCUT2D eigenvalue weighted by Crippen LogP contribution is 2.23. The number of benzene rings is 2. The van der Waals surface area contributed by atoms with Crippen LogP contribution in [0.25, 0.3) is 16.7 Å². The summed E-state index contributed by atoms with van der Waals surface area (Å²) in [6.07, 6.45) is 0.933. The number of hydrogen-bond acceptors (Lipinski definition) is 1. The van der Waals surface area contributed by atoms with Crippen LogP contribution < -0.4 is 0 Å². The molecule has 0 atom stereocenters. The summed E-state index contributed by atoms with van der Waals surface area (Å²) in [5.74, 6) is -1.27. The number of hydrogen-bond donors (Lipinski definition) is 1. The molecule has 0 amide bonds. The third kappa shape index (κ3) is 2.04. The average molecular weight is 290 g/mol. The second-order valence-corrected chi connectivity index (χ2v) is 4.95. The fraction of sp³-hybridized carbons (Fsp3) is 0.133. The molecule has 5 heteroatoms. The summed E-state index contributed by atoms with van der Waals surface area (Å²) in [5.41, 5.74) is 2.59. The third-order valence-electron chi connectivity index (χ3n) is 3.31. The zero-order chi connectivity index (χ0) is 14.3. The summed E-state index contributed by atoms with van der Waals surface area (Å²) >= 11 is 5.22. The smallest absolute Gasteiger partial charge is 0.182 e. The largest absolute Gasteiger partial charge is 0.328 e. The van der Waals surface area contributed by atoms with Crippen molar-refractivity contribution in [3.63, 3.8) is 0 Å². The van der Waals surface area contributed by atoms with Crippen molar-refractivity contribution in [3.8, 4) is 5.69 Å². The number of fused-ring (bicyclic) bond motifs is 1. The van der Waals surface area contributed by atoms with E-state index in [1.807, 2.05) is 24.3 Å². The summed E-state index contributed by atoms with van der Waals surface area (Å²) in [6, 6.07) is 9.86. The molecule has 102 valence electrons. The lowest BCUT2D eigenvalue weighted by molar-refractivity contribution is 0.590. The highest BCUT2D eigenvalue weighted by atomic mass is 32.1. The number of aryl methyl sites for hydroxylation is 1. The Kier molecular flexibility index (Phi) is 3.14. The van der Waals surface area contributed by atoms with Gasteiger partial charge in [0.25, 0.3) is 0 Å². The Morgan fingerprint density at radius 2 is 1.85 bits per heavy atom. The van der Waals surface area contributed by atoms with E-state index in [9.17, 15) is 8.78 Å². The lowest BCUT2D eigenvalue weighted by atomic mass is 10.1. The first-order valence-electron chi connectivity index (χ1n) is 6.29. The highest BCUT2D eigenvalue weighted by Gasteiger charge is 2.12. The van der Waals surface area contributed by atoms with Crippen LogP contribution in [0.3, 0.4) is 0 Å². The quantitative estimate of drug-likeness (QED) is 0.688. The molecule has 1 N–H and O–H groups in total. The van der Waals surface area contributed by atoms with E-state index in [1.165, 1.54) is 11.6 Å². The first-order valence-corrected chi connectivity index (χ1v) is 6.70. The summed E-state index contributed by atoms with van der Waals surface area (Å²) in [6.45, 7) is 2.07. The van der Waals surface area contributed by atoms with Crippen molar-refractivity contribution < 1.29 is 8.78 Å². The summed E-state index contributed by atoms with van der Waals surface area (Å²) < 4.78 is 29.1. The molecule has 0 aliphatic rings. The van der Waals surface area contributed by atoms with E-state index in [0.29, 0.717) is 10.3 Å². The number of nitrogens with zero attached hydrogens (tertiary/aromatic N) is 1. The Bertz CT molecular complexity index is 831. The predicted molar refractivity (Wildman–Crippen MR) is 77.8 cm³/mol. The first kappa shape index (κ1) is 13.0. The molecule has 0 aliphatic carbocycles. The average Bonchev–Trinajstić information content (AvgIpc) is 2.76. The molecule has 3 rings (SSSR count). The monoisotopic (exact) mass is 290 g/mol. The molecule has 20 heavy (non-hydrogen) atoms. The van der Waals surface area contributed by atoms with Crippen LogP contribution in [-0.2, 0) is 6.42 Å². The van der Waals surface area contributed by atoms with Crippen molar-refractivity contribution in [2.45, 2.75) is 13.3 Å². The van der Waals surface area contributed by atoms with Gasteiger partial charge in [0.05, 0.1) is 5.52 Å². The molecule has 0 unspecified atom stereocenters. The number of aromatic nitrogens is 2. The minimum Gasteiger partial charge on any atom is -0.328 e. The lowest BCUT2D eigenvalue weighted by Crippen LogP contribution is -1.95. The van der Waals surface area contributed by atoms with Gasteiger partial charge in [-0.15, -0.1) is 0 Å². The van der Waals surface area contributed by atoms with Gasteiger partial charge in [-0.05, 0) is 36.3 Å². The highest BCUT2D eigenvalue weighted by molar-refractivity contribution is 7.71. The number of aromatic amines is 1. The Morgan fingerprint density at radius 1 is 1.15 bits per heavy atom. The van der Waals surface area contributed by atoms with E-state index >= 15 is 0 Å². The van der Waals surface area contributed by atoms with E-state index in [4.69, 9.17) is 12.2 Å². The molecule has 1 heterocycles. The number of H-pyrrole nitrogens is 1. The topological polar surface area (TPSA) is 20.7 Å². The second kappa shape index (κ2) is 4.83. The van der Waals surface area contributed by atoms with Gasteiger partial charge in [0, 0.05) is 17.8 Å². The Hall–Kier alpha value is -2.01. The van der Waals surface area contributed by atoms with Gasteiger partial charge >= 0.3 is 0 Å². The van der Waals surface area contributed by atoms with Crippen LogP contribution in [0.1, 0.15) is 12.5 Å². The SMILES string of the molecule is CCc1ccc(-n2c(=S)[nH]c3c(F)cc(F)cc32)cc1. The van der Waals surface area contributed by atoms with E-state index in [2.05, 4.69) is 11.9 Å². The normalized spacial score (nSPS) is 11.2. The maximum atomic E-state index is 13.7. The van der Waals surface area contributed by atoms with Crippen LogP contribution in [-0.4, -0.2) is 9.55 Å². The Morgan fingerprint density at radius 3 is 2.50 bits per heavy atom. The van der Waals surface area contributed by atoms with Gasteiger partial charge in [0.15, 0.2) is 10.6 Å². The summed E-state index contributed by atoms with van der Waals surface area (Å²) in [7, 11) is 0. The first-order chi connectivity index (χ1) is 9.60. The summed E-state index contributed by atoms with van der Waals surface area (Å²) in [5, 5.41) is 0. The van der Waals surface area contributed by atoms with E-state index in [-0.39, 0.29) is 5.52 Å². The Labute approximate surface area is 119 Å². The van der Waals surface area contributed by atoms with Gasteiger partial charge in [-0.25, -0.2) is 8.78 Å². The maximum absolute atomic E-state index is 13.7. The number of rotatable bonds is 2. The molecule has 0 bridgehead atoms. The van der Waals surface area contributed by atoms with Gasteiger partial charge in [-0.3, -0.25) is 4.57 Å². The molecular weight excluding hydrogens is 278 g/mol. The van der Waals surface area contributed by atoms with E-state index in [0.717, 1.165) is 18.2 Å². The van der Waals surface area contributed by atoms with Gasteiger partial charge in [0.2, 0.25) is 0 Å². The molecule has 0 spiro atoms. The standard InChI is InChI=1S/C15H12F2N2S/c1-2-9-3-5-11(6-4-9)19-13-8-10(16)7-12(17)14(13)18-15(19)20/h3-8H,2H2,1H3,(H,18,20). The van der Waals surface area contributed by atoms with Crippen LogP contribution in [0.15, 0.2) is 36.4 Å². The van der Waals surface area contributed by atoms with E-state index in [1.54, 1.807) is 4.57 Å². The van der Waals surface area contributed by atoms with Gasteiger partial charge in [0.1, 0.15) is 11.3 Å². The van der Waals surface area contributed by atoms with Crippen molar-refractivity contribution in [3.05, 3.63) is 58.4 Å². The van der Waals surface area contributed by atoms with Crippen molar-refractivity contribution in [1.29, 1.82) is 0 Å². The van der Waals surface area contributed by atoms with Crippen LogP contribution >= 0.6 is 12.2 Å². The molecule has 2 nitrogen and oxygen atoms in total. The van der Waals surface area contributed by atoms with Gasteiger partial charge in [-0.2, -0.15) is 0 Å². The third-order valence-corrected chi connectivity index (χ3v) is 3.60. The molecule has 0 radical (unpaired) electrons. The molecule has 0 aliphatic heterocycles. The second-order valence-electron chi connectivity index (χ2n) is 4.57. The molecular formula is C15H12F2N2S. The maximum Gasteiger partial charge on any atom is 0.182 e. The van der Waals surface area contributed by atoms with Crippen LogP contribution in [0, 0.1) is 16.4 Å². The molecule has 0 fully saturated rings. The summed E-state index contributed by atoms with van der Waals surface area (Å²) in [4.78, 5) is 2.79. The van der Waals surface area contributed by atoms with Gasteiger partial charge in [-0.1, -0.05) is 19.1 Å². The zero-order valence-electron chi connectivity index (χ0n) is 10.8. The fourth-order valence-electron chi connectivity index (χ4n) is 2.27. The molecule has 0 saturated carbocycles. The molecule has 0 saturated heterocycles. The minimum atomic E-state index is -0.643. The molecule has 3 aromatic rings. The van der Waals surface area contributed by atoms with Crippen LogP contribution in [0.4, 0.5) is 8.78 Å². The van der Waals surface area contributed by atoms with Crippen molar-refractivity contribution in [2.75, 3.05) is 0 Å². The van der Waals surface area contributed by atoms with Crippen molar-refractivity contribution >= 4 is 23.3 Å². The lowest BCUT2D eigenvalue weighted by Gasteiger charge is -2.06. The minimum absolute atomic E-state index is 0.218. The van der Waals surface area contributed by atoms with Crippen molar-refractivity contribution in [1.82, 2.24) is 9.55 Å². The number of imidazole rings is 1. The fourth-order valence-corrected chi connectivity index (χ4v) is 2.58. The van der Waals surface area contributed by atoms with Crippen molar-refractivity contribution in [2.24, 2.45) is 0 Å². The van der Waals surface area contributed by atoms with E-state index < -0.39 is 11.6 Å². The van der Waals surface area contributed by atoms with Gasteiger partial charge < -0.3 is 4.98 Å². The predicted octanol–water partition coefficient (Wildman–Crippen LogP) is 4.53. The Balaban J connectivity index is 2.29. The molecule has 2 aromatic carbocycles. The number of halogens is 2. The number of nitrogens with one attached hydrogen (secondary N) is 1. The van der Waals surface area contributed by atoms with Crippen LogP contribution in [0.5, 0.6) is 0 Å².